The fraction of sp³-hybridized carbons (Fsp3) is 0.364. The second-order valence-corrected chi connectivity index (χ2v) is 7.76. The van der Waals surface area contributed by atoms with Crippen molar-refractivity contribution in [1.29, 1.82) is 0 Å². The molecule has 5 nitrogen and oxygen atoms in total. The van der Waals surface area contributed by atoms with Gasteiger partial charge < -0.3 is 15.4 Å². The molecule has 0 radical (unpaired) electrons. The Labute approximate surface area is 161 Å². The molecule has 5 heteroatoms. The lowest BCUT2D eigenvalue weighted by Crippen LogP contribution is -2.23. The summed E-state index contributed by atoms with van der Waals surface area (Å²) in [4.78, 5) is 24.4. The van der Waals surface area contributed by atoms with Gasteiger partial charge in [-0.3, -0.25) is 9.59 Å². The van der Waals surface area contributed by atoms with Gasteiger partial charge in [0, 0.05) is 11.4 Å². The van der Waals surface area contributed by atoms with Gasteiger partial charge in [-0.25, -0.2) is 0 Å². The third-order valence-corrected chi connectivity index (χ3v) is 3.84. The molecule has 27 heavy (non-hydrogen) atoms. The van der Waals surface area contributed by atoms with E-state index in [1.807, 2.05) is 38.1 Å². The lowest BCUT2D eigenvalue weighted by Gasteiger charge is -2.23. The normalized spacial score (nSPS) is 11.2. The maximum Gasteiger partial charge on any atom is 0.233 e. The van der Waals surface area contributed by atoms with E-state index in [1.165, 1.54) is 0 Å². The van der Waals surface area contributed by atoms with Crippen LogP contribution in [0.3, 0.4) is 0 Å². The molecule has 2 rings (SSSR count). The van der Waals surface area contributed by atoms with Gasteiger partial charge in [-0.2, -0.15) is 0 Å². The van der Waals surface area contributed by atoms with Gasteiger partial charge in [0.1, 0.15) is 12.2 Å². The highest BCUT2D eigenvalue weighted by Crippen LogP contribution is 2.29. The Morgan fingerprint density at radius 2 is 1.52 bits per heavy atom. The monoisotopic (exact) mass is 368 g/mol. The number of carbonyl (C=O) groups excluding carboxylic acids is 2. The first-order chi connectivity index (χ1) is 12.6. The first-order valence-electron chi connectivity index (χ1n) is 9.11. The van der Waals surface area contributed by atoms with Crippen LogP contribution in [-0.2, 0) is 15.0 Å². The van der Waals surface area contributed by atoms with Crippen LogP contribution in [-0.4, -0.2) is 17.9 Å². The molecule has 2 aromatic rings. The van der Waals surface area contributed by atoms with Crippen LogP contribution in [0.2, 0.25) is 0 Å². The topological polar surface area (TPSA) is 67.4 Å². The second kappa shape index (κ2) is 8.71. The van der Waals surface area contributed by atoms with Crippen molar-refractivity contribution in [3.63, 3.8) is 0 Å². The number of amides is 2. The van der Waals surface area contributed by atoms with Crippen molar-refractivity contribution in [2.24, 2.45) is 0 Å². The Morgan fingerprint density at radius 1 is 0.926 bits per heavy atom. The van der Waals surface area contributed by atoms with E-state index in [-0.39, 0.29) is 29.8 Å². The lowest BCUT2D eigenvalue weighted by molar-refractivity contribution is -0.123. The van der Waals surface area contributed by atoms with E-state index in [2.05, 4.69) is 31.4 Å². The molecule has 0 aromatic heterocycles. The summed E-state index contributed by atoms with van der Waals surface area (Å²) in [5.74, 6) is 0.0294. The molecule has 0 unspecified atom stereocenters. The summed E-state index contributed by atoms with van der Waals surface area (Å²) in [6.45, 7) is 10.1. The van der Waals surface area contributed by atoms with Crippen LogP contribution in [0, 0.1) is 0 Å². The van der Waals surface area contributed by atoms with Crippen LogP contribution in [0.5, 0.6) is 5.75 Å². The van der Waals surface area contributed by atoms with Gasteiger partial charge in [0.25, 0.3) is 0 Å². The third-order valence-electron chi connectivity index (χ3n) is 3.84. The molecule has 0 fully saturated rings. The molecule has 2 N–H and O–H groups in total. The number of anilines is 2. The molecule has 0 aliphatic heterocycles. The smallest absolute Gasteiger partial charge is 0.233 e. The Balaban J connectivity index is 1.94. The van der Waals surface area contributed by atoms with Crippen molar-refractivity contribution in [3.05, 3.63) is 54.1 Å². The summed E-state index contributed by atoms with van der Waals surface area (Å²) in [6, 6.07) is 14.7. The van der Waals surface area contributed by atoms with Gasteiger partial charge in [0.2, 0.25) is 11.8 Å². The minimum atomic E-state index is -0.363. The summed E-state index contributed by atoms with van der Waals surface area (Å²) in [5, 5.41) is 5.57. The maximum atomic E-state index is 12.3. The van der Waals surface area contributed by atoms with Gasteiger partial charge in [0.05, 0.1) is 6.10 Å². The van der Waals surface area contributed by atoms with E-state index in [0.717, 1.165) is 17.0 Å². The van der Waals surface area contributed by atoms with E-state index in [9.17, 15) is 9.59 Å². The van der Waals surface area contributed by atoms with Gasteiger partial charge in [-0.1, -0.05) is 39.0 Å². The minimum absolute atomic E-state index is 0.0881. The SMILES string of the molecule is CC(C)Oc1ccc(NC(=O)CC(=O)Nc2ccccc2C(C)(C)C)cc1. The van der Waals surface area contributed by atoms with E-state index in [1.54, 1.807) is 24.3 Å². The van der Waals surface area contributed by atoms with E-state index in [4.69, 9.17) is 4.74 Å². The van der Waals surface area contributed by atoms with Crippen LogP contribution >= 0.6 is 0 Å². The largest absolute Gasteiger partial charge is 0.491 e. The second-order valence-electron chi connectivity index (χ2n) is 7.76. The van der Waals surface area contributed by atoms with Crippen LogP contribution in [0.4, 0.5) is 11.4 Å². The molecule has 0 aliphatic rings. The Morgan fingerprint density at radius 3 is 2.11 bits per heavy atom. The standard InChI is InChI=1S/C22H28N2O3/c1-15(2)27-17-12-10-16(11-13-17)23-20(25)14-21(26)24-19-9-7-6-8-18(19)22(3,4)5/h6-13,15H,14H2,1-5H3,(H,23,25)(H,24,26). The van der Waals surface area contributed by atoms with Crippen molar-refractivity contribution >= 4 is 23.2 Å². The number of para-hydroxylation sites is 1. The molecule has 0 bridgehead atoms. The molecule has 144 valence electrons. The predicted octanol–water partition coefficient (Wildman–Crippen LogP) is 4.74. The van der Waals surface area contributed by atoms with Gasteiger partial charge in [-0.05, 0) is 55.2 Å². The highest BCUT2D eigenvalue weighted by molar-refractivity contribution is 6.08. The molecule has 2 aromatic carbocycles. The average molecular weight is 368 g/mol. The Hall–Kier alpha value is -2.82. The number of benzene rings is 2. The van der Waals surface area contributed by atoms with Crippen LogP contribution in [0.1, 0.15) is 46.6 Å². The summed E-state index contributed by atoms with van der Waals surface area (Å²) >= 11 is 0. The number of rotatable bonds is 6. The van der Waals surface area contributed by atoms with Crippen molar-refractivity contribution in [3.8, 4) is 5.75 Å². The Bertz CT molecular complexity index is 790. The molecule has 0 aliphatic carbocycles. The van der Waals surface area contributed by atoms with Crippen molar-refractivity contribution in [2.75, 3.05) is 10.6 Å². The first-order valence-corrected chi connectivity index (χ1v) is 9.11. The molecular formula is C22H28N2O3. The van der Waals surface area contributed by atoms with E-state index < -0.39 is 0 Å². The predicted molar refractivity (Wildman–Crippen MR) is 109 cm³/mol. The van der Waals surface area contributed by atoms with Gasteiger partial charge in [-0.15, -0.1) is 0 Å². The van der Waals surface area contributed by atoms with Gasteiger partial charge in [0.15, 0.2) is 0 Å². The fourth-order valence-electron chi connectivity index (χ4n) is 2.68. The summed E-state index contributed by atoms with van der Waals surface area (Å²) in [6.07, 6.45) is -0.159. The lowest BCUT2D eigenvalue weighted by atomic mass is 9.86. The minimum Gasteiger partial charge on any atom is -0.491 e. The van der Waals surface area contributed by atoms with Crippen LogP contribution < -0.4 is 15.4 Å². The fourth-order valence-corrected chi connectivity index (χ4v) is 2.68. The highest BCUT2D eigenvalue weighted by atomic mass is 16.5. The van der Waals surface area contributed by atoms with Crippen LogP contribution in [0.25, 0.3) is 0 Å². The highest BCUT2D eigenvalue weighted by Gasteiger charge is 2.19. The molecule has 0 saturated carbocycles. The zero-order valence-electron chi connectivity index (χ0n) is 16.6. The number of ether oxygens (including phenoxy) is 1. The first kappa shape index (κ1) is 20.5. The molecule has 0 heterocycles. The molecule has 0 spiro atoms. The summed E-state index contributed by atoms with van der Waals surface area (Å²) in [5.41, 5.74) is 2.28. The molecule has 0 atom stereocenters. The zero-order valence-corrected chi connectivity index (χ0v) is 16.6. The average Bonchev–Trinajstić information content (AvgIpc) is 2.55. The van der Waals surface area contributed by atoms with Crippen LogP contribution in [0.15, 0.2) is 48.5 Å². The van der Waals surface area contributed by atoms with E-state index in [0.29, 0.717) is 5.69 Å². The Kier molecular flexibility index (Phi) is 6.61. The number of hydrogen-bond acceptors (Lipinski definition) is 3. The summed E-state index contributed by atoms with van der Waals surface area (Å²) < 4.78 is 5.57. The quantitative estimate of drug-likeness (QED) is 0.724. The van der Waals surface area contributed by atoms with Crippen molar-refractivity contribution < 1.29 is 14.3 Å². The maximum absolute atomic E-state index is 12.3. The van der Waals surface area contributed by atoms with E-state index >= 15 is 0 Å². The van der Waals surface area contributed by atoms with Gasteiger partial charge >= 0.3 is 0 Å². The number of nitrogens with one attached hydrogen (secondary N) is 2. The zero-order chi connectivity index (χ0) is 20.0. The molecular weight excluding hydrogens is 340 g/mol. The van der Waals surface area contributed by atoms with Crippen molar-refractivity contribution in [1.82, 2.24) is 0 Å². The molecule has 2 amide bonds. The molecule has 0 saturated heterocycles. The summed E-state index contributed by atoms with van der Waals surface area (Å²) in [7, 11) is 0. The number of carbonyl (C=O) groups is 2. The van der Waals surface area contributed by atoms with Crippen molar-refractivity contribution in [2.45, 2.75) is 52.6 Å². The third kappa shape index (κ3) is 6.44. The number of hydrogen-bond donors (Lipinski definition) is 2.